The zero-order chi connectivity index (χ0) is 18.5. The third-order valence-corrected chi connectivity index (χ3v) is 4.25. The van der Waals surface area contributed by atoms with E-state index in [2.05, 4.69) is 9.84 Å². The van der Waals surface area contributed by atoms with E-state index in [1.807, 2.05) is 36.4 Å². The van der Waals surface area contributed by atoms with Crippen LogP contribution in [0.1, 0.15) is 5.56 Å². The molecule has 0 aliphatic heterocycles. The lowest BCUT2D eigenvalue weighted by atomic mass is 10.0. The van der Waals surface area contributed by atoms with Crippen LogP contribution < -0.4 is 4.74 Å². The molecule has 0 unspecified atom stereocenters. The van der Waals surface area contributed by atoms with Gasteiger partial charge in [-0.05, 0) is 22.2 Å². The molecular weight excluding hydrogens is 348 g/mol. The Bertz CT molecular complexity index is 1130. The fourth-order valence-electron chi connectivity index (χ4n) is 3.13. The van der Waals surface area contributed by atoms with Gasteiger partial charge in [0.2, 0.25) is 11.8 Å². The Morgan fingerprint density at radius 1 is 0.923 bits per heavy atom. The third kappa shape index (κ3) is 2.39. The van der Waals surface area contributed by atoms with Crippen molar-refractivity contribution in [2.45, 2.75) is 6.18 Å². The van der Waals surface area contributed by atoms with Gasteiger partial charge in [0.15, 0.2) is 5.56 Å². The first-order chi connectivity index (χ1) is 12.4. The quantitative estimate of drug-likeness (QED) is 0.356. The first-order valence-corrected chi connectivity index (χ1v) is 7.72. The maximum Gasteiger partial charge on any atom is 0.426 e. The molecule has 0 aliphatic rings. The molecule has 0 spiro atoms. The summed E-state index contributed by atoms with van der Waals surface area (Å²) in [6.07, 6.45) is -4.92. The minimum absolute atomic E-state index is 0.214. The number of fused-ring (bicyclic) bond motifs is 3. The van der Waals surface area contributed by atoms with E-state index in [0.29, 0.717) is 10.1 Å². The number of benzene rings is 3. The van der Waals surface area contributed by atoms with Gasteiger partial charge in [-0.3, -0.25) is 0 Å². The largest absolute Gasteiger partial charge is 0.479 e. The molecule has 1 aromatic heterocycles. The van der Waals surface area contributed by atoms with Crippen molar-refractivity contribution in [3.63, 3.8) is 0 Å². The summed E-state index contributed by atoms with van der Waals surface area (Å²) in [4.78, 5) is 0. The number of hydrogen-bond acceptors (Lipinski definition) is 2. The van der Waals surface area contributed by atoms with Gasteiger partial charge in [0.05, 0.1) is 12.8 Å². The van der Waals surface area contributed by atoms with Crippen LogP contribution in [0.3, 0.4) is 0 Å². The Morgan fingerprint density at radius 3 is 2.15 bits per heavy atom. The third-order valence-electron chi connectivity index (χ3n) is 4.25. The van der Waals surface area contributed by atoms with Crippen LogP contribution in [-0.2, 0) is 6.18 Å². The first-order valence-electron chi connectivity index (χ1n) is 7.72. The summed E-state index contributed by atoms with van der Waals surface area (Å²) in [6.45, 7) is 0. The zero-order valence-corrected chi connectivity index (χ0v) is 13.5. The van der Waals surface area contributed by atoms with Crippen LogP contribution in [0, 0.1) is 5.95 Å². The molecule has 132 valence electrons. The topological polar surface area (TPSA) is 27.1 Å². The van der Waals surface area contributed by atoms with E-state index in [-0.39, 0.29) is 5.69 Å². The lowest BCUT2D eigenvalue weighted by Crippen LogP contribution is -2.09. The molecular formula is C19H12F4N2O. The average Bonchev–Trinajstić information content (AvgIpc) is 2.97. The van der Waals surface area contributed by atoms with Gasteiger partial charge in [-0.1, -0.05) is 48.5 Å². The van der Waals surface area contributed by atoms with E-state index in [0.717, 1.165) is 23.3 Å². The molecule has 0 fully saturated rings. The van der Waals surface area contributed by atoms with Gasteiger partial charge in [0.1, 0.15) is 0 Å². The summed E-state index contributed by atoms with van der Waals surface area (Å²) in [6, 6.07) is 16.1. The molecule has 0 N–H and O–H groups in total. The van der Waals surface area contributed by atoms with Crippen LogP contribution in [0.2, 0.25) is 0 Å². The molecule has 4 rings (SSSR count). The summed E-state index contributed by atoms with van der Waals surface area (Å²) in [7, 11) is 1.03. The molecule has 0 radical (unpaired) electrons. The minimum Gasteiger partial charge on any atom is -0.479 e. The molecule has 3 nitrogen and oxygen atoms in total. The maximum atomic E-state index is 14.7. The van der Waals surface area contributed by atoms with Crippen LogP contribution in [-0.4, -0.2) is 16.9 Å². The van der Waals surface area contributed by atoms with Gasteiger partial charge in [-0.2, -0.15) is 17.6 Å². The number of halogens is 4. The molecule has 1 heterocycles. The van der Waals surface area contributed by atoms with Crippen molar-refractivity contribution < 1.29 is 22.3 Å². The fourth-order valence-corrected chi connectivity index (χ4v) is 3.13. The molecule has 0 saturated carbocycles. The van der Waals surface area contributed by atoms with Gasteiger partial charge in [0, 0.05) is 5.39 Å². The monoisotopic (exact) mass is 360 g/mol. The molecule has 26 heavy (non-hydrogen) atoms. The zero-order valence-electron chi connectivity index (χ0n) is 13.5. The number of nitrogens with zero attached hydrogens (tertiary/aromatic N) is 2. The Balaban J connectivity index is 2.11. The number of aromatic nitrogens is 2. The lowest BCUT2D eigenvalue weighted by molar-refractivity contribution is -0.141. The SMILES string of the molecule is COc1nn(-c2cc3ccccc3c3ccccc23)c(F)c1C(F)(F)F. The summed E-state index contributed by atoms with van der Waals surface area (Å²) in [5.74, 6) is -2.30. The minimum atomic E-state index is -4.92. The summed E-state index contributed by atoms with van der Waals surface area (Å²) >= 11 is 0. The molecule has 3 aromatic carbocycles. The Labute approximate surface area is 145 Å². The Hall–Kier alpha value is -3.09. The van der Waals surface area contributed by atoms with E-state index in [1.54, 1.807) is 18.2 Å². The number of ether oxygens (including phenoxy) is 1. The average molecular weight is 360 g/mol. The smallest absolute Gasteiger partial charge is 0.426 e. The van der Waals surface area contributed by atoms with Crippen LogP contribution in [0.4, 0.5) is 17.6 Å². The first kappa shape index (κ1) is 16.4. The highest BCUT2D eigenvalue weighted by Crippen LogP contribution is 2.40. The van der Waals surface area contributed by atoms with Gasteiger partial charge < -0.3 is 4.74 Å². The van der Waals surface area contributed by atoms with E-state index in [9.17, 15) is 17.6 Å². The molecule has 4 aromatic rings. The van der Waals surface area contributed by atoms with Gasteiger partial charge in [0.25, 0.3) is 0 Å². The number of hydrogen-bond donors (Lipinski definition) is 0. The van der Waals surface area contributed by atoms with Gasteiger partial charge in [-0.15, -0.1) is 5.10 Å². The normalized spacial score (nSPS) is 12.0. The van der Waals surface area contributed by atoms with E-state index < -0.39 is 23.6 Å². The Morgan fingerprint density at radius 2 is 1.54 bits per heavy atom. The van der Waals surface area contributed by atoms with Crippen LogP contribution >= 0.6 is 0 Å². The van der Waals surface area contributed by atoms with Crippen LogP contribution in [0.5, 0.6) is 5.88 Å². The number of methoxy groups -OCH3 is 1. The van der Waals surface area contributed by atoms with Crippen LogP contribution in [0.25, 0.3) is 27.2 Å². The van der Waals surface area contributed by atoms with Gasteiger partial charge >= 0.3 is 6.18 Å². The molecule has 0 atom stereocenters. The van der Waals surface area contributed by atoms with E-state index in [4.69, 9.17) is 0 Å². The summed E-state index contributed by atoms with van der Waals surface area (Å²) in [5.41, 5.74) is -1.30. The van der Waals surface area contributed by atoms with Crippen molar-refractivity contribution >= 4 is 21.5 Å². The molecule has 0 saturated heterocycles. The van der Waals surface area contributed by atoms with Crippen molar-refractivity contribution in [3.05, 3.63) is 66.1 Å². The number of rotatable bonds is 2. The highest BCUT2D eigenvalue weighted by Gasteiger charge is 2.42. The predicted molar refractivity (Wildman–Crippen MR) is 90.1 cm³/mol. The lowest BCUT2D eigenvalue weighted by Gasteiger charge is -2.11. The second-order valence-corrected chi connectivity index (χ2v) is 5.75. The van der Waals surface area contributed by atoms with Crippen molar-refractivity contribution in [2.24, 2.45) is 0 Å². The van der Waals surface area contributed by atoms with E-state index >= 15 is 0 Å². The van der Waals surface area contributed by atoms with Gasteiger partial charge in [-0.25, -0.2) is 4.68 Å². The predicted octanol–water partition coefficient (Wildman–Crippen LogP) is 5.35. The Kier molecular flexibility index (Phi) is 3.61. The molecule has 7 heteroatoms. The summed E-state index contributed by atoms with van der Waals surface area (Å²) < 4.78 is 59.7. The number of alkyl halides is 3. The second-order valence-electron chi connectivity index (χ2n) is 5.75. The van der Waals surface area contributed by atoms with Crippen molar-refractivity contribution in [1.82, 2.24) is 9.78 Å². The maximum absolute atomic E-state index is 14.7. The molecule has 0 amide bonds. The summed E-state index contributed by atoms with van der Waals surface area (Å²) in [5, 5.41) is 6.79. The van der Waals surface area contributed by atoms with Crippen molar-refractivity contribution in [3.8, 4) is 11.6 Å². The molecule has 0 bridgehead atoms. The fraction of sp³-hybridized carbons (Fsp3) is 0.105. The highest BCUT2D eigenvalue weighted by molar-refractivity contribution is 6.11. The second kappa shape index (κ2) is 5.72. The van der Waals surface area contributed by atoms with Crippen molar-refractivity contribution in [1.29, 1.82) is 0 Å². The van der Waals surface area contributed by atoms with E-state index in [1.165, 1.54) is 0 Å². The highest BCUT2D eigenvalue weighted by atomic mass is 19.4. The van der Waals surface area contributed by atoms with Crippen LogP contribution in [0.15, 0.2) is 54.6 Å². The standard InChI is InChI=1S/C19H12F4N2O/c1-26-18-16(19(21,22)23)17(20)25(24-18)15-10-11-6-2-3-7-12(11)13-8-4-5-9-14(13)15/h2-10H,1H3. The molecule has 0 aliphatic carbocycles. The van der Waals surface area contributed by atoms with Crippen molar-refractivity contribution in [2.75, 3.05) is 7.11 Å².